The van der Waals surface area contributed by atoms with Crippen molar-refractivity contribution in [3.05, 3.63) is 48.2 Å². The Bertz CT molecular complexity index is 482. The Kier molecular flexibility index (Phi) is 3.57. The highest BCUT2D eigenvalue weighted by molar-refractivity contribution is 5.41. The number of aliphatic hydroxyl groups excluding tert-OH is 1. The normalized spacial score (nSPS) is 10.0. The number of nitrogens with zero attached hydrogens (tertiary/aromatic N) is 1. The van der Waals surface area contributed by atoms with Gasteiger partial charge in [0.15, 0.2) is 11.5 Å². The van der Waals surface area contributed by atoms with Crippen molar-refractivity contribution in [1.82, 2.24) is 4.98 Å². The van der Waals surface area contributed by atoms with Crippen molar-refractivity contribution in [3.8, 4) is 17.4 Å². The highest BCUT2D eigenvalue weighted by atomic mass is 16.5. The highest BCUT2D eigenvalue weighted by Crippen LogP contribution is 2.29. The molecular weight excluding hydrogens is 218 g/mol. The van der Waals surface area contributed by atoms with Gasteiger partial charge in [-0.1, -0.05) is 12.1 Å². The molecule has 1 N–H and O–H groups in total. The minimum Gasteiger partial charge on any atom is -0.493 e. The van der Waals surface area contributed by atoms with Gasteiger partial charge in [-0.2, -0.15) is 0 Å². The van der Waals surface area contributed by atoms with Gasteiger partial charge in [0.1, 0.15) is 0 Å². The van der Waals surface area contributed by atoms with E-state index in [4.69, 9.17) is 14.6 Å². The minimum atomic E-state index is -0.0259. The maximum atomic E-state index is 8.90. The standard InChI is InChI=1S/C13H13NO3/c1-16-11-4-2-3-5-12(11)17-13-7-6-10(9-15)8-14-13/h2-8,15H,9H2,1H3. The first-order valence-electron chi connectivity index (χ1n) is 5.20. The zero-order valence-corrected chi connectivity index (χ0v) is 9.46. The Hall–Kier alpha value is -2.07. The monoisotopic (exact) mass is 231 g/mol. The molecule has 0 saturated heterocycles. The van der Waals surface area contributed by atoms with E-state index in [9.17, 15) is 0 Å². The van der Waals surface area contributed by atoms with E-state index in [2.05, 4.69) is 4.98 Å². The first-order valence-corrected chi connectivity index (χ1v) is 5.20. The molecule has 17 heavy (non-hydrogen) atoms. The fourth-order valence-electron chi connectivity index (χ4n) is 1.38. The molecule has 0 atom stereocenters. The van der Waals surface area contributed by atoms with Gasteiger partial charge in [-0.3, -0.25) is 0 Å². The molecule has 0 amide bonds. The largest absolute Gasteiger partial charge is 0.493 e. The van der Waals surface area contributed by atoms with Gasteiger partial charge in [0.05, 0.1) is 13.7 Å². The summed E-state index contributed by atoms with van der Waals surface area (Å²) in [5.74, 6) is 1.73. The van der Waals surface area contributed by atoms with E-state index in [1.807, 2.05) is 18.2 Å². The molecule has 0 fully saturated rings. The van der Waals surface area contributed by atoms with Crippen molar-refractivity contribution < 1.29 is 14.6 Å². The van der Waals surface area contributed by atoms with Gasteiger partial charge in [-0.25, -0.2) is 4.98 Å². The smallest absolute Gasteiger partial charge is 0.219 e. The maximum absolute atomic E-state index is 8.90. The van der Waals surface area contributed by atoms with Crippen molar-refractivity contribution >= 4 is 0 Å². The minimum absolute atomic E-state index is 0.0259. The Labute approximate surface area is 99.5 Å². The van der Waals surface area contributed by atoms with Gasteiger partial charge < -0.3 is 14.6 Å². The van der Waals surface area contributed by atoms with Crippen LogP contribution in [0.5, 0.6) is 17.4 Å². The fraction of sp³-hybridized carbons (Fsp3) is 0.154. The molecule has 0 radical (unpaired) electrons. The molecule has 4 nitrogen and oxygen atoms in total. The predicted molar refractivity (Wildman–Crippen MR) is 63.2 cm³/mol. The van der Waals surface area contributed by atoms with Crippen molar-refractivity contribution in [2.75, 3.05) is 7.11 Å². The van der Waals surface area contributed by atoms with Crippen molar-refractivity contribution in [2.45, 2.75) is 6.61 Å². The maximum Gasteiger partial charge on any atom is 0.219 e. The molecule has 0 aliphatic rings. The first kappa shape index (κ1) is 11.4. The van der Waals surface area contributed by atoms with E-state index in [-0.39, 0.29) is 6.61 Å². The molecule has 1 aromatic carbocycles. The molecule has 0 spiro atoms. The van der Waals surface area contributed by atoms with Crippen LogP contribution in [-0.2, 0) is 6.61 Å². The quantitative estimate of drug-likeness (QED) is 0.877. The molecule has 0 saturated carbocycles. The Morgan fingerprint density at radius 1 is 1.12 bits per heavy atom. The molecule has 4 heteroatoms. The van der Waals surface area contributed by atoms with Crippen molar-refractivity contribution in [1.29, 1.82) is 0 Å². The number of benzene rings is 1. The van der Waals surface area contributed by atoms with Crippen molar-refractivity contribution in [3.63, 3.8) is 0 Å². The van der Waals surface area contributed by atoms with Gasteiger partial charge in [0.25, 0.3) is 0 Å². The van der Waals surface area contributed by atoms with Crippen LogP contribution in [0.2, 0.25) is 0 Å². The lowest BCUT2D eigenvalue weighted by Gasteiger charge is -2.09. The van der Waals surface area contributed by atoms with Crippen LogP contribution in [0.1, 0.15) is 5.56 Å². The average molecular weight is 231 g/mol. The van der Waals surface area contributed by atoms with E-state index < -0.39 is 0 Å². The second-order valence-electron chi connectivity index (χ2n) is 3.42. The molecule has 2 rings (SSSR count). The summed E-state index contributed by atoms with van der Waals surface area (Å²) in [6.45, 7) is -0.0259. The third kappa shape index (κ3) is 2.73. The SMILES string of the molecule is COc1ccccc1Oc1ccc(CO)cn1. The number of methoxy groups -OCH3 is 1. The lowest BCUT2D eigenvalue weighted by molar-refractivity contribution is 0.281. The summed E-state index contributed by atoms with van der Waals surface area (Å²) in [7, 11) is 1.59. The molecule has 0 bridgehead atoms. The number of aromatic nitrogens is 1. The van der Waals surface area contributed by atoms with E-state index in [1.165, 1.54) is 0 Å². The highest BCUT2D eigenvalue weighted by Gasteiger charge is 2.04. The fourth-order valence-corrected chi connectivity index (χ4v) is 1.38. The number of hydrogen-bond acceptors (Lipinski definition) is 4. The summed E-state index contributed by atoms with van der Waals surface area (Å²) in [6.07, 6.45) is 1.57. The van der Waals surface area contributed by atoms with Crippen LogP contribution in [0.3, 0.4) is 0 Å². The topological polar surface area (TPSA) is 51.6 Å². The summed E-state index contributed by atoms with van der Waals surface area (Å²) in [5.41, 5.74) is 0.748. The number of pyridine rings is 1. The molecule has 2 aromatic rings. The first-order chi connectivity index (χ1) is 8.33. The molecule has 0 aliphatic carbocycles. The summed E-state index contributed by atoms with van der Waals surface area (Å²) < 4.78 is 10.8. The van der Waals surface area contributed by atoms with Gasteiger partial charge in [0.2, 0.25) is 5.88 Å². The van der Waals surface area contributed by atoms with Crippen LogP contribution in [0.25, 0.3) is 0 Å². The molecule has 88 valence electrons. The zero-order valence-electron chi connectivity index (χ0n) is 9.46. The third-order valence-corrected chi connectivity index (χ3v) is 2.26. The Morgan fingerprint density at radius 2 is 1.88 bits per heavy atom. The Balaban J connectivity index is 2.19. The molecule has 0 unspecified atom stereocenters. The number of rotatable bonds is 4. The Morgan fingerprint density at radius 3 is 2.47 bits per heavy atom. The lowest BCUT2D eigenvalue weighted by Crippen LogP contribution is -1.92. The van der Waals surface area contributed by atoms with Crippen molar-refractivity contribution in [2.24, 2.45) is 0 Å². The summed E-state index contributed by atoms with van der Waals surface area (Å²) in [4.78, 5) is 4.08. The van der Waals surface area contributed by atoms with Crippen LogP contribution in [0.4, 0.5) is 0 Å². The third-order valence-electron chi connectivity index (χ3n) is 2.26. The second kappa shape index (κ2) is 5.32. The lowest BCUT2D eigenvalue weighted by atomic mass is 10.3. The zero-order chi connectivity index (χ0) is 12.1. The number of hydrogen-bond donors (Lipinski definition) is 1. The second-order valence-corrected chi connectivity index (χ2v) is 3.42. The van der Waals surface area contributed by atoms with E-state index in [0.29, 0.717) is 17.4 Å². The molecule has 0 aliphatic heterocycles. The number of para-hydroxylation sites is 2. The summed E-state index contributed by atoms with van der Waals surface area (Å²) in [6, 6.07) is 10.8. The predicted octanol–water partition coefficient (Wildman–Crippen LogP) is 2.37. The molecule has 1 aromatic heterocycles. The van der Waals surface area contributed by atoms with Crippen LogP contribution in [-0.4, -0.2) is 17.2 Å². The van der Waals surface area contributed by atoms with Gasteiger partial charge >= 0.3 is 0 Å². The average Bonchev–Trinajstić information content (AvgIpc) is 2.40. The van der Waals surface area contributed by atoms with E-state index in [0.717, 1.165) is 5.56 Å². The van der Waals surface area contributed by atoms with Crippen LogP contribution >= 0.6 is 0 Å². The number of aliphatic hydroxyl groups is 1. The van der Waals surface area contributed by atoms with E-state index >= 15 is 0 Å². The molecular formula is C13H13NO3. The van der Waals surface area contributed by atoms with Gasteiger partial charge in [-0.05, 0) is 23.8 Å². The van der Waals surface area contributed by atoms with Crippen LogP contribution in [0.15, 0.2) is 42.6 Å². The van der Waals surface area contributed by atoms with Crippen LogP contribution < -0.4 is 9.47 Å². The van der Waals surface area contributed by atoms with Crippen LogP contribution in [0, 0.1) is 0 Å². The van der Waals surface area contributed by atoms with E-state index in [1.54, 1.807) is 31.5 Å². The van der Waals surface area contributed by atoms with Gasteiger partial charge in [-0.15, -0.1) is 0 Å². The molecule has 1 heterocycles. The summed E-state index contributed by atoms with van der Waals surface area (Å²) >= 11 is 0. The number of ether oxygens (including phenoxy) is 2. The summed E-state index contributed by atoms with van der Waals surface area (Å²) in [5, 5.41) is 8.90. The van der Waals surface area contributed by atoms with Gasteiger partial charge in [0, 0.05) is 12.3 Å².